The van der Waals surface area contributed by atoms with E-state index >= 15 is 0 Å². The maximum Gasteiger partial charge on any atom is 0.0212 e. The van der Waals surface area contributed by atoms with Gasteiger partial charge in [-0.05, 0) is 12.8 Å². The first-order chi connectivity index (χ1) is 4.93. The van der Waals surface area contributed by atoms with Crippen molar-refractivity contribution < 1.29 is 0 Å². The highest BCUT2D eigenvalue weighted by molar-refractivity contribution is 4.98. The lowest BCUT2D eigenvalue weighted by molar-refractivity contribution is 0.547. The fraction of sp³-hybridized carbons (Fsp3) is 0.556. The fourth-order valence-corrected chi connectivity index (χ4v) is 1.13. The summed E-state index contributed by atoms with van der Waals surface area (Å²) in [5.74, 6) is 2.61. The molecule has 1 N–H and O–H groups in total. The molecule has 10 heavy (non-hydrogen) atoms. The van der Waals surface area contributed by atoms with Gasteiger partial charge < -0.3 is 5.32 Å². The molecule has 0 atom stereocenters. The third kappa shape index (κ3) is 2.24. The molecule has 1 nitrogen and oxygen atoms in total. The van der Waals surface area contributed by atoms with E-state index < -0.39 is 0 Å². The molecule has 0 saturated heterocycles. The zero-order valence-electron chi connectivity index (χ0n) is 6.14. The molecule has 0 fully saturated rings. The molecule has 0 radical (unpaired) electrons. The Balaban J connectivity index is 1.99. The molecule has 0 amide bonds. The van der Waals surface area contributed by atoms with E-state index in [4.69, 9.17) is 6.42 Å². The van der Waals surface area contributed by atoms with Gasteiger partial charge in [-0.1, -0.05) is 12.2 Å². The second kappa shape index (κ2) is 4.14. The predicted octanol–water partition coefficient (Wildman–Crippen LogP) is 1.32. The predicted molar refractivity (Wildman–Crippen MR) is 43.6 cm³/mol. The van der Waals surface area contributed by atoms with Gasteiger partial charge in [-0.2, -0.15) is 0 Å². The van der Waals surface area contributed by atoms with Gasteiger partial charge in [0.1, 0.15) is 0 Å². The summed E-state index contributed by atoms with van der Waals surface area (Å²) in [5.41, 5.74) is 0. The second-order valence-corrected chi connectivity index (χ2v) is 2.55. The van der Waals surface area contributed by atoms with E-state index in [9.17, 15) is 0 Å². The van der Waals surface area contributed by atoms with Crippen LogP contribution in [0.5, 0.6) is 0 Å². The van der Waals surface area contributed by atoms with E-state index in [1.165, 1.54) is 12.8 Å². The summed E-state index contributed by atoms with van der Waals surface area (Å²) in [6.07, 6.45) is 12.7. The van der Waals surface area contributed by atoms with Crippen LogP contribution in [-0.4, -0.2) is 12.6 Å². The van der Waals surface area contributed by atoms with Gasteiger partial charge in [-0.3, -0.25) is 0 Å². The minimum atomic E-state index is 0.661. The standard InChI is InChI=1S/C9H13N/c1-2-3-8-10-9-6-4-5-7-9/h1,4-5,9-10H,3,6-8H2. The van der Waals surface area contributed by atoms with Gasteiger partial charge in [0.05, 0.1) is 0 Å². The first kappa shape index (κ1) is 7.37. The Bertz CT molecular complexity index is 145. The van der Waals surface area contributed by atoms with Crippen LogP contribution in [-0.2, 0) is 0 Å². The minimum Gasteiger partial charge on any atom is -0.312 e. The number of nitrogens with one attached hydrogen (secondary N) is 1. The summed E-state index contributed by atoms with van der Waals surface area (Å²) in [5, 5.41) is 3.38. The average Bonchev–Trinajstić information content (AvgIpc) is 2.41. The molecule has 1 heteroatoms. The highest BCUT2D eigenvalue weighted by Gasteiger charge is 2.06. The van der Waals surface area contributed by atoms with Gasteiger partial charge in [0, 0.05) is 19.0 Å². The van der Waals surface area contributed by atoms with Crippen LogP contribution in [0.15, 0.2) is 12.2 Å². The lowest BCUT2D eigenvalue weighted by Gasteiger charge is -2.09. The molecule has 0 aromatic carbocycles. The Hall–Kier alpha value is -0.740. The van der Waals surface area contributed by atoms with Crippen LogP contribution in [0.2, 0.25) is 0 Å². The number of hydrogen-bond donors (Lipinski definition) is 1. The highest BCUT2D eigenvalue weighted by atomic mass is 14.9. The monoisotopic (exact) mass is 135 g/mol. The molecule has 0 unspecified atom stereocenters. The third-order valence-electron chi connectivity index (χ3n) is 1.71. The van der Waals surface area contributed by atoms with E-state index in [1.807, 2.05) is 0 Å². The zero-order valence-corrected chi connectivity index (χ0v) is 6.14. The van der Waals surface area contributed by atoms with Crippen molar-refractivity contribution in [3.8, 4) is 12.3 Å². The van der Waals surface area contributed by atoms with Crippen LogP contribution in [0.25, 0.3) is 0 Å². The first-order valence-electron chi connectivity index (χ1n) is 3.75. The summed E-state index contributed by atoms with van der Waals surface area (Å²) in [6.45, 7) is 0.961. The van der Waals surface area contributed by atoms with E-state index in [0.29, 0.717) is 6.04 Å². The highest BCUT2D eigenvalue weighted by Crippen LogP contribution is 2.08. The summed E-state index contributed by atoms with van der Waals surface area (Å²) >= 11 is 0. The lowest BCUT2D eigenvalue weighted by atomic mass is 10.2. The van der Waals surface area contributed by atoms with Gasteiger partial charge >= 0.3 is 0 Å². The molecule has 0 spiro atoms. The molecule has 1 aliphatic carbocycles. The van der Waals surface area contributed by atoms with Crippen molar-refractivity contribution in [2.24, 2.45) is 0 Å². The summed E-state index contributed by atoms with van der Waals surface area (Å²) in [6, 6.07) is 0.661. The number of rotatable bonds is 3. The normalized spacial score (nSPS) is 17.5. The third-order valence-corrected chi connectivity index (χ3v) is 1.71. The van der Waals surface area contributed by atoms with Crippen molar-refractivity contribution in [3.05, 3.63) is 12.2 Å². The van der Waals surface area contributed by atoms with Crippen molar-refractivity contribution in [1.29, 1.82) is 0 Å². The summed E-state index contributed by atoms with van der Waals surface area (Å²) < 4.78 is 0. The maximum atomic E-state index is 5.11. The van der Waals surface area contributed by atoms with Gasteiger partial charge in [-0.25, -0.2) is 0 Å². The van der Waals surface area contributed by atoms with Gasteiger partial charge in [0.25, 0.3) is 0 Å². The van der Waals surface area contributed by atoms with Gasteiger partial charge in [0.2, 0.25) is 0 Å². The van der Waals surface area contributed by atoms with Crippen molar-refractivity contribution in [3.63, 3.8) is 0 Å². The second-order valence-electron chi connectivity index (χ2n) is 2.55. The smallest absolute Gasteiger partial charge is 0.0212 e. The molecule has 0 heterocycles. The molecule has 1 rings (SSSR count). The average molecular weight is 135 g/mol. The van der Waals surface area contributed by atoms with Crippen molar-refractivity contribution in [2.75, 3.05) is 6.54 Å². The molecule has 1 aliphatic rings. The minimum absolute atomic E-state index is 0.661. The molecule has 0 aromatic heterocycles. The molecule has 0 saturated carbocycles. The van der Waals surface area contributed by atoms with Crippen LogP contribution in [0.1, 0.15) is 19.3 Å². The Morgan fingerprint density at radius 2 is 2.20 bits per heavy atom. The summed E-state index contributed by atoms with van der Waals surface area (Å²) in [4.78, 5) is 0. The Morgan fingerprint density at radius 3 is 2.80 bits per heavy atom. The molecular weight excluding hydrogens is 122 g/mol. The Labute approximate surface area is 62.5 Å². The molecule has 0 aliphatic heterocycles. The Morgan fingerprint density at radius 1 is 1.50 bits per heavy atom. The Kier molecular flexibility index (Phi) is 3.05. The topological polar surface area (TPSA) is 12.0 Å². The van der Waals surface area contributed by atoms with Crippen LogP contribution < -0.4 is 5.32 Å². The van der Waals surface area contributed by atoms with E-state index in [2.05, 4.69) is 23.4 Å². The van der Waals surface area contributed by atoms with E-state index in [1.54, 1.807) is 0 Å². The quantitative estimate of drug-likeness (QED) is 0.349. The molecule has 54 valence electrons. The number of terminal acetylenes is 1. The van der Waals surface area contributed by atoms with Crippen molar-refractivity contribution >= 4 is 0 Å². The van der Waals surface area contributed by atoms with Crippen LogP contribution >= 0.6 is 0 Å². The van der Waals surface area contributed by atoms with Gasteiger partial charge in [-0.15, -0.1) is 12.3 Å². The SMILES string of the molecule is C#CCCNC1CC=CC1. The van der Waals surface area contributed by atoms with E-state index in [0.717, 1.165) is 13.0 Å². The first-order valence-corrected chi connectivity index (χ1v) is 3.75. The van der Waals surface area contributed by atoms with Crippen LogP contribution in [0.3, 0.4) is 0 Å². The van der Waals surface area contributed by atoms with Gasteiger partial charge in [0.15, 0.2) is 0 Å². The van der Waals surface area contributed by atoms with E-state index in [-0.39, 0.29) is 0 Å². The van der Waals surface area contributed by atoms with Crippen molar-refractivity contribution in [1.82, 2.24) is 5.32 Å². The maximum absolute atomic E-state index is 5.11. The number of hydrogen-bond acceptors (Lipinski definition) is 1. The summed E-state index contributed by atoms with van der Waals surface area (Å²) in [7, 11) is 0. The van der Waals surface area contributed by atoms with Crippen LogP contribution in [0.4, 0.5) is 0 Å². The zero-order chi connectivity index (χ0) is 7.23. The largest absolute Gasteiger partial charge is 0.312 e. The lowest BCUT2D eigenvalue weighted by Crippen LogP contribution is -2.26. The van der Waals surface area contributed by atoms with Crippen LogP contribution in [0, 0.1) is 12.3 Å². The molecular formula is C9H13N. The fourth-order valence-electron chi connectivity index (χ4n) is 1.13. The molecule has 0 bridgehead atoms. The molecule has 0 aromatic rings. The van der Waals surface area contributed by atoms with Crippen molar-refractivity contribution in [2.45, 2.75) is 25.3 Å².